The molecule has 0 aliphatic carbocycles. The Morgan fingerprint density at radius 3 is 3.10 bits per heavy atom. The Kier molecular flexibility index (Phi) is 3.63. The lowest BCUT2D eigenvalue weighted by Gasteiger charge is -1.92. The van der Waals surface area contributed by atoms with E-state index in [1.165, 1.54) is 6.08 Å². The lowest BCUT2D eigenvalue weighted by Crippen LogP contribution is -1.73. The number of allylic oxidation sites excluding steroid dienone is 2. The van der Waals surface area contributed by atoms with Crippen molar-refractivity contribution in [1.29, 1.82) is 0 Å². The Labute approximate surface area is 68.8 Å². The van der Waals surface area contributed by atoms with Gasteiger partial charge in [0.05, 0.1) is 0 Å². The number of aldehydes is 1. The molecule has 0 heterocycles. The highest BCUT2D eigenvalue weighted by Crippen LogP contribution is 2.02. The minimum Gasteiger partial charge on any atom is -0.299 e. The highest BCUT2D eigenvalue weighted by Gasteiger charge is 1.82. The van der Waals surface area contributed by atoms with E-state index in [1.807, 2.05) is 0 Å². The Bertz CT molecular complexity index is 189. The predicted octanol–water partition coefficient (Wildman–Crippen LogP) is 2.71. The minimum atomic E-state index is -1.71. The van der Waals surface area contributed by atoms with Crippen molar-refractivity contribution in [2.45, 2.75) is 38.9 Å². The molecule has 1 heteroatoms. The molecule has 1 nitrogen and oxygen atoms in total. The van der Waals surface area contributed by atoms with Crippen LogP contribution in [-0.2, 0) is 4.79 Å². The van der Waals surface area contributed by atoms with Crippen LogP contribution in [0, 0.1) is 0 Å². The molecule has 58 valence electrons. The number of carbonyl (C=O) groups excluding carboxylic acids is 1. The zero-order valence-electron chi connectivity index (χ0n) is 10.0. The standard InChI is InChI=1S/C9H16O/c1-2-3-4-5-6-7-8-9-10/h7-9H,2-6H2,1H3/b8-7+/i1D2,2D2. The summed E-state index contributed by atoms with van der Waals surface area (Å²) in [5.74, 6) is 0. The molecule has 0 aromatic heterocycles. The molecule has 0 N–H and O–H groups in total. The van der Waals surface area contributed by atoms with Gasteiger partial charge in [0.25, 0.3) is 0 Å². The van der Waals surface area contributed by atoms with Crippen molar-refractivity contribution < 1.29 is 10.3 Å². The first kappa shape index (κ1) is 4.32. The number of hydrogen-bond donors (Lipinski definition) is 0. The highest BCUT2D eigenvalue weighted by molar-refractivity contribution is 5.64. The average Bonchev–Trinajstić information content (AvgIpc) is 2.10. The van der Waals surface area contributed by atoms with Crippen molar-refractivity contribution in [3.63, 3.8) is 0 Å². The molecule has 0 unspecified atom stereocenters. The zero-order chi connectivity index (χ0) is 11.0. The molecule has 0 amide bonds. The molecule has 0 aliphatic heterocycles. The normalized spacial score (nSPS) is 18.1. The second kappa shape index (κ2) is 8.41. The van der Waals surface area contributed by atoms with Gasteiger partial charge in [-0.1, -0.05) is 32.2 Å². The smallest absolute Gasteiger partial charge is 0.142 e. The summed E-state index contributed by atoms with van der Waals surface area (Å²) in [5.41, 5.74) is 0. The van der Waals surface area contributed by atoms with E-state index < -0.39 is 13.2 Å². The van der Waals surface area contributed by atoms with Crippen molar-refractivity contribution >= 4 is 6.29 Å². The molecule has 0 saturated heterocycles. The first-order chi connectivity index (χ1) is 6.50. The Hall–Kier alpha value is -0.590. The second-order valence-corrected chi connectivity index (χ2v) is 2.01. The average molecular weight is 144 g/mol. The highest BCUT2D eigenvalue weighted by atomic mass is 16.1. The Morgan fingerprint density at radius 1 is 1.50 bits per heavy atom. The summed E-state index contributed by atoms with van der Waals surface area (Å²) in [6.07, 6.45) is 4.57. The van der Waals surface area contributed by atoms with Crippen molar-refractivity contribution in [3.05, 3.63) is 12.2 Å². The van der Waals surface area contributed by atoms with Gasteiger partial charge in [-0.2, -0.15) is 0 Å². The third kappa shape index (κ3) is 7.41. The van der Waals surface area contributed by atoms with Crippen LogP contribution in [0.3, 0.4) is 0 Å². The van der Waals surface area contributed by atoms with Crippen LogP contribution in [0.5, 0.6) is 0 Å². The quantitative estimate of drug-likeness (QED) is 0.318. The molecule has 0 radical (unpaired) electrons. The molecule has 0 rings (SSSR count). The summed E-state index contributed by atoms with van der Waals surface area (Å²) >= 11 is 0. The molecule has 0 saturated carbocycles. The topological polar surface area (TPSA) is 17.1 Å². The number of unbranched alkanes of at least 4 members (excludes halogenated alkanes) is 2. The van der Waals surface area contributed by atoms with E-state index in [1.54, 1.807) is 6.08 Å². The minimum absolute atomic E-state index is 0.236. The Morgan fingerprint density at radius 2 is 2.40 bits per heavy atom. The first-order valence-electron chi connectivity index (χ1n) is 5.61. The van der Waals surface area contributed by atoms with E-state index in [9.17, 15) is 4.79 Å². The number of carbonyl (C=O) groups is 1. The van der Waals surface area contributed by atoms with Crippen molar-refractivity contribution in [1.82, 2.24) is 0 Å². The molecule has 0 bridgehead atoms. The van der Waals surface area contributed by atoms with Gasteiger partial charge in [0.1, 0.15) is 6.29 Å². The molecular weight excluding hydrogens is 124 g/mol. The molecule has 0 aromatic carbocycles. The zero-order valence-corrected chi connectivity index (χ0v) is 6.05. The molecule has 0 atom stereocenters. The molecule has 0 aromatic rings. The van der Waals surface area contributed by atoms with Crippen LogP contribution in [-0.4, -0.2) is 6.29 Å². The SMILES string of the molecule is [2H]C([2H])C([2H])([2H])CCCC/C=C/C=O. The van der Waals surface area contributed by atoms with Gasteiger partial charge in [0, 0.05) is 5.48 Å². The maximum atomic E-state index is 9.89. The molecular formula is C9H16O. The maximum Gasteiger partial charge on any atom is 0.142 e. The van der Waals surface area contributed by atoms with E-state index in [4.69, 9.17) is 5.48 Å². The lowest BCUT2D eigenvalue weighted by atomic mass is 10.1. The van der Waals surface area contributed by atoms with Gasteiger partial charge in [0.2, 0.25) is 0 Å². The third-order valence-electron chi connectivity index (χ3n) is 1.16. The third-order valence-corrected chi connectivity index (χ3v) is 1.16. The van der Waals surface area contributed by atoms with E-state index in [2.05, 4.69) is 0 Å². The maximum absolute atomic E-state index is 9.89. The van der Waals surface area contributed by atoms with Crippen LogP contribution in [0.1, 0.15) is 44.4 Å². The Balaban J connectivity index is 3.54. The first-order valence-corrected chi connectivity index (χ1v) is 3.45. The van der Waals surface area contributed by atoms with E-state index in [0.29, 0.717) is 12.7 Å². The lowest BCUT2D eigenvalue weighted by molar-refractivity contribution is -0.104. The number of hydrogen-bond acceptors (Lipinski definition) is 1. The largest absolute Gasteiger partial charge is 0.299 e. The summed E-state index contributed by atoms with van der Waals surface area (Å²) in [5, 5.41) is 0. The van der Waals surface area contributed by atoms with Gasteiger partial charge in [-0.25, -0.2) is 0 Å². The molecule has 0 spiro atoms. The molecule has 10 heavy (non-hydrogen) atoms. The summed E-state index contributed by atoms with van der Waals surface area (Å²) in [7, 11) is 0. The van der Waals surface area contributed by atoms with Crippen LogP contribution in [0.2, 0.25) is 0 Å². The van der Waals surface area contributed by atoms with Crippen LogP contribution in [0.4, 0.5) is 0 Å². The van der Waals surface area contributed by atoms with Crippen LogP contribution in [0.25, 0.3) is 0 Å². The van der Waals surface area contributed by atoms with E-state index >= 15 is 0 Å². The fraction of sp³-hybridized carbons (Fsp3) is 0.667. The monoisotopic (exact) mass is 144 g/mol. The van der Waals surface area contributed by atoms with E-state index in [0.717, 1.165) is 12.8 Å². The summed E-state index contributed by atoms with van der Waals surface area (Å²) in [6, 6.07) is 0. The summed E-state index contributed by atoms with van der Waals surface area (Å²) in [6.45, 7) is -1.42. The van der Waals surface area contributed by atoms with Gasteiger partial charge in [-0.15, -0.1) is 0 Å². The summed E-state index contributed by atoms with van der Waals surface area (Å²) < 4.78 is 28.5. The second-order valence-electron chi connectivity index (χ2n) is 2.01. The van der Waals surface area contributed by atoms with Gasteiger partial charge in [0.15, 0.2) is 0 Å². The van der Waals surface area contributed by atoms with Crippen LogP contribution in [0.15, 0.2) is 12.2 Å². The van der Waals surface area contributed by atoms with Crippen molar-refractivity contribution in [2.24, 2.45) is 0 Å². The summed E-state index contributed by atoms with van der Waals surface area (Å²) in [4.78, 5) is 9.89. The molecule has 0 aliphatic rings. The fourth-order valence-corrected chi connectivity index (χ4v) is 0.641. The van der Waals surface area contributed by atoms with Crippen LogP contribution < -0.4 is 0 Å². The van der Waals surface area contributed by atoms with Gasteiger partial charge in [-0.3, -0.25) is 4.79 Å². The van der Waals surface area contributed by atoms with Gasteiger partial charge >= 0.3 is 0 Å². The fourth-order valence-electron chi connectivity index (χ4n) is 0.641. The number of rotatable bonds is 6. The van der Waals surface area contributed by atoms with Crippen LogP contribution >= 0.6 is 0 Å². The van der Waals surface area contributed by atoms with Gasteiger partial charge in [-0.05, 0) is 18.9 Å². The van der Waals surface area contributed by atoms with Crippen molar-refractivity contribution in [3.8, 4) is 0 Å². The predicted molar refractivity (Wildman–Crippen MR) is 44.0 cm³/mol. The van der Waals surface area contributed by atoms with Gasteiger partial charge < -0.3 is 0 Å². The van der Waals surface area contributed by atoms with Crippen molar-refractivity contribution in [2.75, 3.05) is 0 Å². The van der Waals surface area contributed by atoms with E-state index in [-0.39, 0.29) is 6.42 Å². The molecule has 0 fully saturated rings.